The zero-order chi connectivity index (χ0) is 12.4. The van der Waals surface area contributed by atoms with Gasteiger partial charge in [0.15, 0.2) is 0 Å². The van der Waals surface area contributed by atoms with Crippen molar-refractivity contribution in [2.75, 3.05) is 7.11 Å². The molecular formula is C10H11BrN4OS. The molecule has 0 aliphatic heterocycles. The van der Waals surface area contributed by atoms with Gasteiger partial charge in [0.1, 0.15) is 10.5 Å². The third kappa shape index (κ3) is 2.62. The number of ether oxygens (including phenoxy) is 1. The molecule has 0 aliphatic carbocycles. The van der Waals surface area contributed by atoms with Crippen LogP contribution in [0, 0.1) is 4.64 Å². The van der Waals surface area contributed by atoms with Crippen LogP contribution in [-0.4, -0.2) is 26.9 Å². The van der Waals surface area contributed by atoms with Crippen molar-refractivity contribution in [2.24, 2.45) is 7.05 Å². The summed E-state index contributed by atoms with van der Waals surface area (Å²) in [5.41, 5.74) is 1.76. The molecule has 90 valence electrons. The van der Waals surface area contributed by atoms with E-state index in [4.69, 9.17) is 17.0 Å². The molecule has 2 aromatic heterocycles. The molecule has 0 atom stereocenters. The smallest absolute Gasteiger partial charge is 0.144 e. The van der Waals surface area contributed by atoms with E-state index in [1.54, 1.807) is 18.0 Å². The maximum Gasteiger partial charge on any atom is 0.144 e. The van der Waals surface area contributed by atoms with Gasteiger partial charge in [0.25, 0.3) is 0 Å². The molecule has 2 heterocycles. The Morgan fingerprint density at radius 2 is 2.35 bits per heavy atom. The maximum absolute atomic E-state index is 5.19. The summed E-state index contributed by atoms with van der Waals surface area (Å²) in [5.74, 6) is 0.693. The van der Waals surface area contributed by atoms with E-state index in [9.17, 15) is 0 Å². The summed E-state index contributed by atoms with van der Waals surface area (Å²) in [5, 5.41) is 4.10. The fourth-order valence-corrected chi connectivity index (χ4v) is 1.95. The van der Waals surface area contributed by atoms with Gasteiger partial charge in [0.05, 0.1) is 28.5 Å². The highest BCUT2D eigenvalue weighted by Crippen LogP contribution is 2.21. The number of aryl methyl sites for hydroxylation is 1. The number of aromatic amines is 1. The van der Waals surface area contributed by atoms with Crippen molar-refractivity contribution >= 4 is 28.1 Å². The van der Waals surface area contributed by atoms with Gasteiger partial charge in [-0.05, 0) is 15.9 Å². The summed E-state index contributed by atoms with van der Waals surface area (Å²) in [6.07, 6.45) is 3.61. The highest BCUT2D eigenvalue weighted by molar-refractivity contribution is 9.10. The fraction of sp³-hybridized carbons (Fsp3) is 0.300. The van der Waals surface area contributed by atoms with Gasteiger partial charge in [-0.15, -0.1) is 0 Å². The second-order valence-corrected chi connectivity index (χ2v) is 4.70. The summed E-state index contributed by atoms with van der Waals surface area (Å²) >= 11 is 8.58. The summed E-state index contributed by atoms with van der Waals surface area (Å²) in [6.45, 7) is 0.444. The minimum Gasteiger partial charge on any atom is -0.378 e. The lowest BCUT2D eigenvalue weighted by atomic mass is 10.3. The molecular weight excluding hydrogens is 304 g/mol. The number of nitrogens with one attached hydrogen (secondary N) is 1. The summed E-state index contributed by atoms with van der Waals surface area (Å²) in [6, 6.07) is 0. The van der Waals surface area contributed by atoms with Crippen molar-refractivity contribution in [3.8, 4) is 11.4 Å². The Kier molecular flexibility index (Phi) is 3.70. The highest BCUT2D eigenvalue weighted by Gasteiger charge is 2.09. The molecule has 1 N–H and O–H groups in total. The topological polar surface area (TPSA) is 55.7 Å². The number of methoxy groups -OCH3 is 1. The number of hydrogen-bond acceptors (Lipinski definition) is 4. The Balaban J connectivity index is 2.52. The van der Waals surface area contributed by atoms with Crippen LogP contribution in [0.15, 0.2) is 16.9 Å². The first-order chi connectivity index (χ1) is 8.11. The number of aromatic nitrogens is 4. The molecule has 17 heavy (non-hydrogen) atoms. The Bertz CT molecular complexity index is 592. The first-order valence-electron chi connectivity index (χ1n) is 4.88. The molecule has 0 bridgehead atoms. The van der Waals surface area contributed by atoms with E-state index in [-0.39, 0.29) is 0 Å². The molecule has 0 amide bonds. The minimum absolute atomic E-state index is 0.444. The van der Waals surface area contributed by atoms with E-state index < -0.39 is 0 Å². The van der Waals surface area contributed by atoms with Crippen molar-refractivity contribution < 1.29 is 4.74 Å². The predicted molar refractivity (Wildman–Crippen MR) is 70.0 cm³/mol. The Labute approximate surface area is 112 Å². The molecule has 7 heteroatoms. The molecule has 0 aliphatic rings. The summed E-state index contributed by atoms with van der Waals surface area (Å²) in [4.78, 5) is 7.48. The van der Waals surface area contributed by atoms with Gasteiger partial charge in [0, 0.05) is 20.4 Å². The van der Waals surface area contributed by atoms with E-state index in [2.05, 4.69) is 31.0 Å². The minimum atomic E-state index is 0.444. The van der Waals surface area contributed by atoms with Crippen LogP contribution in [0.5, 0.6) is 0 Å². The normalized spacial score (nSPS) is 10.8. The van der Waals surface area contributed by atoms with Crippen molar-refractivity contribution in [2.45, 2.75) is 6.61 Å². The van der Waals surface area contributed by atoms with Gasteiger partial charge in [-0.3, -0.25) is 4.68 Å². The molecule has 0 saturated heterocycles. The van der Waals surface area contributed by atoms with Crippen molar-refractivity contribution in [1.82, 2.24) is 19.7 Å². The first kappa shape index (κ1) is 12.4. The molecule has 5 nitrogen and oxygen atoms in total. The van der Waals surface area contributed by atoms with Gasteiger partial charge >= 0.3 is 0 Å². The lowest BCUT2D eigenvalue weighted by molar-refractivity contribution is 0.181. The van der Waals surface area contributed by atoms with E-state index in [1.165, 1.54) is 0 Å². The van der Waals surface area contributed by atoms with Crippen LogP contribution in [0.2, 0.25) is 0 Å². The maximum atomic E-state index is 5.19. The second-order valence-electron chi connectivity index (χ2n) is 3.52. The molecule has 0 aromatic carbocycles. The zero-order valence-electron chi connectivity index (χ0n) is 9.40. The Morgan fingerprint density at radius 3 is 2.94 bits per heavy atom. The lowest BCUT2D eigenvalue weighted by Gasteiger charge is -2.06. The average molecular weight is 315 g/mol. The first-order valence-corrected chi connectivity index (χ1v) is 6.08. The van der Waals surface area contributed by atoms with Gasteiger partial charge in [-0.2, -0.15) is 5.10 Å². The summed E-state index contributed by atoms with van der Waals surface area (Å²) < 4.78 is 8.09. The SMILES string of the molecule is COCc1[nH]c(-c2cnn(C)c2)nc(=S)c1Br. The third-order valence-corrected chi connectivity index (χ3v) is 3.61. The molecule has 0 fully saturated rings. The van der Waals surface area contributed by atoms with Gasteiger partial charge < -0.3 is 9.72 Å². The van der Waals surface area contributed by atoms with E-state index in [1.807, 2.05) is 13.2 Å². The molecule has 0 unspecified atom stereocenters. The standard InChI is InChI=1S/C10H11BrN4OS/c1-15-4-6(3-12-15)9-13-7(5-16-2)8(11)10(17)14-9/h3-4H,5H2,1-2H3,(H,13,14,17). The number of halogens is 1. The number of rotatable bonds is 3. The molecule has 0 spiro atoms. The van der Waals surface area contributed by atoms with Crippen LogP contribution in [0.4, 0.5) is 0 Å². The average Bonchev–Trinajstić information content (AvgIpc) is 2.71. The summed E-state index contributed by atoms with van der Waals surface area (Å²) in [7, 11) is 3.49. The molecule has 2 rings (SSSR count). The van der Waals surface area contributed by atoms with E-state index >= 15 is 0 Å². The van der Waals surface area contributed by atoms with Crippen LogP contribution in [0.3, 0.4) is 0 Å². The fourth-order valence-electron chi connectivity index (χ4n) is 1.43. The molecule has 0 radical (unpaired) electrons. The number of hydrogen-bond donors (Lipinski definition) is 1. The number of nitrogens with zero attached hydrogens (tertiary/aromatic N) is 3. The van der Waals surface area contributed by atoms with Crippen LogP contribution < -0.4 is 0 Å². The quantitative estimate of drug-likeness (QED) is 0.884. The van der Waals surface area contributed by atoms with Crippen LogP contribution >= 0.6 is 28.1 Å². The van der Waals surface area contributed by atoms with E-state index in [0.717, 1.165) is 15.7 Å². The zero-order valence-corrected chi connectivity index (χ0v) is 11.8. The van der Waals surface area contributed by atoms with Gasteiger partial charge in [0.2, 0.25) is 0 Å². The molecule has 2 aromatic rings. The van der Waals surface area contributed by atoms with Crippen molar-refractivity contribution in [3.05, 3.63) is 27.2 Å². The Hall–Kier alpha value is -1.05. The number of H-pyrrole nitrogens is 1. The lowest BCUT2D eigenvalue weighted by Crippen LogP contribution is -1.99. The van der Waals surface area contributed by atoms with Crippen LogP contribution in [0.25, 0.3) is 11.4 Å². The second kappa shape index (κ2) is 5.07. The van der Waals surface area contributed by atoms with E-state index in [0.29, 0.717) is 17.1 Å². The van der Waals surface area contributed by atoms with Gasteiger partial charge in [-0.1, -0.05) is 12.2 Å². The highest BCUT2D eigenvalue weighted by atomic mass is 79.9. The Morgan fingerprint density at radius 1 is 1.59 bits per heavy atom. The van der Waals surface area contributed by atoms with Crippen molar-refractivity contribution in [1.29, 1.82) is 0 Å². The molecule has 0 saturated carbocycles. The monoisotopic (exact) mass is 314 g/mol. The van der Waals surface area contributed by atoms with Crippen LogP contribution in [0.1, 0.15) is 5.69 Å². The van der Waals surface area contributed by atoms with Crippen molar-refractivity contribution in [3.63, 3.8) is 0 Å². The van der Waals surface area contributed by atoms with Crippen LogP contribution in [-0.2, 0) is 18.4 Å². The van der Waals surface area contributed by atoms with Gasteiger partial charge in [-0.25, -0.2) is 4.98 Å². The largest absolute Gasteiger partial charge is 0.378 e. The third-order valence-electron chi connectivity index (χ3n) is 2.20. The predicted octanol–water partition coefficient (Wildman–Crippen LogP) is 2.45.